The molecule has 0 spiro atoms. The van der Waals surface area contributed by atoms with Gasteiger partial charge in [0.1, 0.15) is 0 Å². The molecule has 1 rings (SSSR count). The van der Waals surface area contributed by atoms with E-state index in [1.54, 1.807) is 0 Å². The first-order valence-electron chi connectivity index (χ1n) is 4.08. The molecule has 0 bridgehead atoms. The molecule has 0 heterocycles. The van der Waals surface area contributed by atoms with Crippen LogP contribution in [-0.4, -0.2) is 71.0 Å². The molecule has 72 valence electrons. The third kappa shape index (κ3) is 3.63. The van der Waals surface area contributed by atoms with Crippen molar-refractivity contribution in [2.24, 2.45) is 11.8 Å². The van der Waals surface area contributed by atoms with Gasteiger partial charge in [-0.3, -0.25) is 9.59 Å². The van der Waals surface area contributed by atoms with Gasteiger partial charge in [-0.2, -0.15) is 0 Å². The molecule has 0 radical (unpaired) electrons. The fraction of sp³-hybridized carbons (Fsp3) is 0.750. The average Bonchev–Trinajstić information content (AvgIpc) is 2.04. The number of hydrogen-bond donors (Lipinski definition) is 2. The molecule has 1 saturated carbocycles. The van der Waals surface area contributed by atoms with Gasteiger partial charge in [0.15, 0.2) is 0 Å². The summed E-state index contributed by atoms with van der Waals surface area (Å²) in [6.07, 6.45) is 2.68. The Hall–Kier alpha value is 0.511. The van der Waals surface area contributed by atoms with Crippen molar-refractivity contribution in [3.63, 3.8) is 0 Å². The van der Waals surface area contributed by atoms with E-state index in [-0.39, 0.29) is 48.9 Å². The minimum atomic E-state index is -0.970. The molecule has 2 N–H and O–H groups in total. The van der Waals surface area contributed by atoms with Crippen molar-refractivity contribution in [2.45, 2.75) is 25.7 Å². The van der Waals surface area contributed by atoms with Gasteiger partial charge < -0.3 is 10.2 Å². The van der Waals surface area contributed by atoms with Crippen LogP contribution in [-0.2, 0) is 9.59 Å². The second-order valence-corrected chi connectivity index (χ2v) is 3.17. The molecule has 0 amide bonds. The number of hydrogen-bond acceptors (Lipinski definition) is 2. The van der Waals surface area contributed by atoms with Crippen molar-refractivity contribution in [1.29, 1.82) is 0 Å². The van der Waals surface area contributed by atoms with Crippen LogP contribution in [0.25, 0.3) is 0 Å². The van der Waals surface area contributed by atoms with Gasteiger partial charge >= 0.3 is 60.8 Å². The molecule has 1 aliphatic carbocycles. The van der Waals surface area contributed by atoms with Crippen molar-refractivity contribution in [2.75, 3.05) is 0 Å². The zero-order chi connectivity index (χ0) is 9.14. The predicted octanol–water partition coefficient (Wildman–Crippen LogP) is 0.0458. The summed E-state index contributed by atoms with van der Waals surface area (Å²) >= 11 is 0. The van der Waals surface area contributed by atoms with Crippen molar-refractivity contribution in [3.8, 4) is 0 Å². The summed E-state index contributed by atoms with van der Waals surface area (Å²) < 4.78 is 0. The van der Waals surface area contributed by atoms with E-state index in [2.05, 4.69) is 0 Å². The quantitative estimate of drug-likeness (QED) is 0.707. The molecule has 2 unspecified atom stereocenters. The summed E-state index contributed by atoms with van der Waals surface area (Å²) in [4.78, 5) is 21.2. The van der Waals surface area contributed by atoms with Crippen LogP contribution < -0.4 is 0 Å². The Balaban J connectivity index is 0.00000144. The fourth-order valence-corrected chi connectivity index (χ4v) is 1.72. The third-order valence-electron chi connectivity index (χ3n) is 2.40. The van der Waals surface area contributed by atoms with Gasteiger partial charge in [0, 0.05) is 0 Å². The normalized spacial score (nSPS) is 27.4. The van der Waals surface area contributed by atoms with E-state index < -0.39 is 23.8 Å². The van der Waals surface area contributed by atoms with Gasteiger partial charge in [-0.05, 0) is 12.8 Å². The minimum absolute atomic E-state index is 0. The Morgan fingerprint density at radius 1 is 0.923 bits per heavy atom. The van der Waals surface area contributed by atoms with E-state index in [4.69, 9.17) is 10.2 Å². The molecule has 2 atom stereocenters. The van der Waals surface area contributed by atoms with Gasteiger partial charge in [0.05, 0.1) is 11.8 Å². The van der Waals surface area contributed by atoms with Crippen LogP contribution in [0.4, 0.5) is 0 Å². The van der Waals surface area contributed by atoms with Crippen LogP contribution in [0.3, 0.4) is 0 Å². The van der Waals surface area contributed by atoms with Crippen molar-refractivity contribution >= 4 is 60.8 Å². The van der Waals surface area contributed by atoms with E-state index in [9.17, 15) is 9.59 Å². The topological polar surface area (TPSA) is 74.6 Å². The van der Waals surface area contributed by atoms with Gasteiger partial charge in [-0.15, -0.1) is 0 Å². The molecule has 4 nitrogen and oxygen atoms in total. The maximum absolute atomic E-state index is 10.6. The molecular formula is C8H14BaO4. The van der Waals surface area contributed by atoms with Crippen LogP contribution in [0.5, 0.6) is 0 Å². The van der Waals surface area contributed by atoms with Crippen LogP contribution >= 0.6 is 0 Å². The summed E-state index contributed by atoms with van der Waals surface area (Å²) in [5.74, 6) is -3.28. The molecule has 0 aromatic heterocycles. The van der Waals surface area contributed by atoms with E-state index in [0.717, 1.165) is 12.8 Å². The molecule has 13 heavy (non-hydrogen) atoms. The number of carboxylic acid groups (broad SMARTS) is 2. The molecule has 0 aromatic carbocycles. The molecule has 5 heteroatoms. The van der Waals surface area contributed by atoms with E-state index in [1.807, 2.05) is 0 Å². The van der Waals surface area contributed by atoms with Gasteiger partial charge in [0.25, 0.3) is 0 Å². The Morgan fingerprint density at radius 3 is 1.46 bits per heavy atom. The fourth-order valence-electron chi connectivity index (χ4n) is 1.72. The Bertz CT molecular complexity index is 182. The van der Waals surface area contributed by atoms with Crippen LogP contribution in [0.1, 0.15) is 25.7 Å². The molecule has 1 aliphatic rings. The second kappa shape index (κ2) is 6.08. The van der Waals surface area contributed by atoms with E-state index in [1.165, 1.54) is 0 Å². The number of aliphatic carboxylic acids is 2. The first-order chi connectivity index (χ1) is 5.63. The number of carbonyl (C=O) groups is 2. The Kier molecular flexibility index (Phi) is 6.32. The molecule has 0 aliphatic heterocycles. The summed E-state index contributed by atoms with van der Waals surface area (Å²) in [6.45, 7) is 0. The summed E-state index contributed by atoms with van der Waals surface area (Å²) in [5.41, 5.74) is 0. The number of carboxylic acids is 2. The zero-order valence-corrected chi connectivity index (χ0v) is 6.69. The van der Waals surface area contributed by atoms with Gasteiger partial charge in [-0.1, -0.05) is 12.8 Å². The monoisotopic (exact) mass is 312 g/mol. The van der Waals surface area contributed by atoms with Crippen molar-refractivity contribution in [1.82, 2.24) is 0 Å². The van der Waals surface area contributed by atoms with Gasteiger partial charge in [-0.25, -0.2) is 0 Å². The average molecular weight is 312 g/mol. The second-order valence-electron chi connectivity index (χ2n) is 3.17. The van der Waals surface area contributed by atoms with Gasteiger partial charge in [0.2, 0.25) is 0 Å². The first kappa shape index (κ1) is 13.5. The summed E-state index contributed by atoms with van der Waals surface area (Å²) in [5, 5.41) is 17.4. The number of rotatable bonds is 2. The van der Waals surface area contributed by atoms with Crippen molar-refractivity contribution < 1.29 is 19.8 Å². The molecule has 1 fully saturated rings. The molecule has 0 saturated heterocycles. The SMILES string of the molecule is O=C(O)C1CCCCC1C(=O)O.[BaH2]. The van der Waals surface area contributed by atoms with Crippen LogP contribution in [0.2, 0.25) is 0 Å². The van der Waals surface area contributed by atoms with E-state index >= 15 is 0 Å². The third-order valence-corrected chi connectivity index (χ3v) is 2.40. The standard InChI is InChI=1S/C8H12O4.Ba.2H/c9-7(10)5-3-1-2-4-6(5)8(11)12;;;/h5-6H,1-4H2,(H,9,10)(H,11,12);;;. The zero-order valence-electron chi connectivity index (χ0n) is 6.69. The van der Waals surface area contributed by atoms with Crippen LogP contribution in [0, 0.1) is 11.8 Å². The first-order valence-corrected chi connectivity index (χ1v) is 4.08. The Morgan fingerprint density at radius 2 is 1.23 bits per heavy atom. The van der Waals surface area contributed by atoms with E-state index in [0.29, 0.717) is 12.8 Å². The van der Waals surface area contributed by atoms with Crippen molar-refractivity contribution in [3.05, 3.63) is 0 Å². The molecule has 0 aromatic rings. The molecular weight excluding hydrogens is 297 g/mol. The predicted molar refractivity (Wildman–Crippen MR) is 49.3 cm³/mol. The van der Waals surface area contributed by atoms with Crippen LogP contribution in [0.15, 0.2) is 0 Å². The summed E-state index contributed by atoms with van der Waals surface area (Å²) in [7, 11) is 0. The summed E-state index contributed by atoms with van der Waals surface area (Å²) in [6, 6.07) is 0. The maximum atomic E-state index is 10.6. The Labute approximate surface area is 117 Å².